The smallest absolute Gasteiger partial charge is 0.415 e. The molecular formula is C27H38N4O4S. The first-order valence-electron chi connectivity index (χ1n) is 12.7. The van der Waals surface area contributed by atoms with Gasteiger partial charge < -0.3 is 18.9 Å². The molecule has 0 bridgehead atoms. The first-order chi connectivity index (χ1) is 17.2. The monoisotopic (exact) mass is 514 g/mol. The highest BCUT2D eigenvalue weighted by molar-refractivity contribution is 7.90. The van der Waals surface area contributed by atoms with E-state index in [1.165, 1.54) is 0 Å². The van der Waals surface area contributed by atoms with Crippen molar-refractivity contribution in [2.45, 2.75) is 56.9 Å². The number of hydrogen-bond donors (Lipinski definition) is 1. The predicted molar refractivity (Wildman–Crippen MR) is 141 cm³/mol. The first-order valence-corrected chi connectivity index (χ1v) is 13.8. The number of carbonyl (C=O) groups is 1. The van der Waals surface area contributed by atoms with Crippen molar-refractivity contribution in [1.82, 2.24) is 19.5 Å². The zero-order valence-electron chi connectivity index (χ0n) is 21.7. The second kappa shape index (κ2) is 11.5. The molecular weight excluding hydrogens is 476 g/mol. The van der Waals surface area contributed by atoms with Gasteiger partial charge in [0.05, 0.1) is 11.6 Å². The Morgan fingerprint density at radius 3 is 2.44 bits per heavy atom. The fourth-order valence-electron chi connectivity index (χ4n) is 4.82. The molecule has 2 atom stereocenters. The Morgan fingerprint density at radius 2 is 1.81 bits per heavy atom. The van der Waals surface area contributed by atoms with Crippen LogP contribution >= 0.6 is 0 Å². The third-order valence-electron chi connectivity index (χ3n) is 7.05. The molecule has 9 heteroatoms. The van der Waals surface area contributed by atoms with Gasteiger partial charge in [0, 0.05) is 63.1 Å². The second-order valence-corrected chi connectivity index (χ2v) is 12.5. The summed E-state index contributed by atoms with van der Waals surface area (Å²) in [5.41, 5.74) is 1.96. The Hall–Kier alpha value is -2.17. The van der Waals surface area contributed by atoms with E-state index in [9.17, 15) is 9.35 Å². The van der Waals surface area contributed by atoms with Crippen LogP contribution in [-0.4, -0.2) is 69.6 Å². The molecule has 1 amide bonds. The quantitative estimate of drug-likeness (QED) is 0.583. The molecule has 0 aliphatic carbocycles. The highest BCUT2D eigenvalue weighted by Gasteiger charge is 2.42. The number of pyridine rings is 1. The number of nitrogens with one attached hydrogen (secondary N) is 1. The lowest BCUT2D eigenvalue weighted by Crippen LogP contribution is -2.58. The van der Waals surface area contributed by atoms with Crippen molar-refractivity contribution < 1.29 is 18.8 Å². The Balaban J connectivity index is 1.47. The molecule has 1 aromatic heterocycles. The van der Waals surface area contributed by atoms with Crippen molar-refractivity contribution in [3.05, 3.63) is 59.9 Å². The Kier molecular flexibility index (Phi) is 8.57. The van der Waals surface area contributed by atoms with Crippen LogP contribution in [0, 0.1) is 0 Å². The summed E-state index contributed by atoms with van der Waals surface area (Å²) in [5.74, 6) is 0.559. The molecule has 0 saturated carbocycles. The molecule has 2 aliphatic heterocycles. The van der Waals surface area contributed by atoms with Crippen LogP contribution in [0.4, 0.5) is 4.79 Å². The molecule has 0 spiro atoms. The number of para-hydroxylation sites is 1. The maximum absolute atomic E-state index is 12.7. The van der Waals surface area contributed by atoms with Crippen LogP contribution in [0.1, 0.15) is 57.7 Å². The lowest BCUT2D eigenvalue weighted by atomic mass is 9.80. The number of nitrogens with zero attached hydrogens (tertiary/aromatic N) is 3. The summed E-state index contributed by atoms with van der Waals surface area (Å²) in [6.45, 7) is 12.0. The van der Waals surface area contributed by atoms with Crippen LogP contribution in [0.2, 0.25) is 0 Å². The minimum Gasteiger partial charge on any atom is -0.598 e. The van der Waals surface area contributed by atoms with Gasteiger partial charge in [-0.3, -0.25) is 9.88 Å². The summed E-state index contributed by atoms with van der Waals surface area (Å²) in [6.07, 6.45) is 5.23. The molecule has 0 unspecified atom stereocenters. The van der Waals surface area contributed by atoms with E-state index < -0.39 is 11.4 Å². The van der Waals surface area contributed by atoms with E-state index in [1.54, 1.807) is 17.0 Å². The van der Waals surface area contributed by atoms with Gasteiger partial charge in [-0.25, -0.2) is 4.79 Å². The Bertz CT molecular complexity index is 1000. The number of ether oxygens (including phenoxy) is 2. The fraction of sp³-hybridized carbons (Fsp3) is 0.556. The van der Waals surface area contributed by atoms with Crippen molar-refractivity contribution in [1.29, 1.82) is 0 Å². The van der Waals surface area contributed by atoms with E-state index in [2.05, 4.69) is 20.7 Å². The summed E-state index contributed by atoms with van der Waals surface area (Å²) in [6, 6.07) is 11.3. The van der Waals surface area contributed by atoms with E-state index in [1.807, 2.05) is 58.3 Å². The van der Waals surface area contributed by atoms with Crippen LogP contribution < -0.4 is 9.46 Å². The zero-order valence-corrected chi connectivity index (χ0v) is 22.6. The number of benzene rings is 1. The van der Waals surface area contributed by atoms with Crippen molar-refractivity contribution in [2.24, 2.45) is 0 Å². The van der Waals surface area contributed by atoms with Crippen LogP contribution in [-0.2, 0) is 21.6 Å². The molecule has 196 valence electrons. The number of amides is 1. The van der Waals surface area contributed by atoms with Gasteiger partial charge in [-0.1, -0.05) is 18.2 Å². The molecule has 2 aliphatic rings. The molecule has 1 aromatic carbocycles. The van der Waals surface area contributed by atoms with E-state index in [-0.39, 0.29) is 22.4 Å². The molecule has 8 nitrogen and oxygen atoms in total. The van der Waals surface area contributed by atoms with Crippen molar-refractivity contribution in [3.8, 4) is 5.75 Å². The third kappa shape index (κ3) is 6.20. The number of carbonyl (C=O) groups excluding carboxylic acids is 1. The summed E-state index contributed by atoms with van der Waals surface area (Å²) in [5, 5.41) is 0. The van der Waals surface area contributed by atoms with Crippen LogP contribution in [0.3, 0.4) is 0 Å². The molecule has 2 aromatic rings. The highest BCUT2D eigenvalue weighted by Crippen LogP contribution is 2.39. The first kappa shape index (κ1) is 26.9. The summed E-state index contributed by atoms with van der Waals surface area (Å²) < 4.78 is 26.8. The molecule has 0 radical (unpaired) electrons. The molecule has 1 N–H and O–H groups in total. The highest BCUT2D eigenvalue weighted by atomic mass is 32.2. The van der Waals surface area contributed by atoms with Gasteiger partial charge in [0.1, 0.15) is 10.5 Å². The van der Waals surface area contributed by atoms with E-state index >= 15 is 0 Å². The predicted octanol–water partition coefficient (Wildman–Crippen LogP) is 4.02. The Labute approximate surface area is 217 Å². The van der Waals surface area contributed by atoms with Crippen molar-refractivity contribution in [2.75, 3.05) is 39.4 Å². The van der Waals surface area contributed by atoms with Gasteiger partial charge >= 0.3 is 6.09 Å². The summed E-state index contributed by atoms with van der Waals surface area (Å²) in [7, 11) is 0. The van der Waals surface area contributed by atoms with E-state index in [4.69, 9.17) is 9.47 Å². The molecule has 4 rings (SSSR count). The fourth-order valence-corrected chi connectivity index (χ4v) is 5.63. The average molecular weight is 515 g/mol. The molecule has 36 heavy (non-hydrogen) atoms. The van der Waals surface area contributed by atoms with Crippen molar-refractivity contribution >= 4 is 17.5 Å². The lowest BCUT2D eigenvalue weighted by Gasteiger charge is -2.49. The molecule has 2 fully saturated rings. The molecule has 2 saturated heterocycles. The molecule has 3 heterocycles. The van der Waals surface area contributed by atoms with E-state index in [0.717, 1.165) is 37.1 Å². The number of hydrogen-bond acceptors (Lipinski definition) is 7. The SMILES string of the molecule is C[C@H](N[S@+]([O-])C(C)(C)C)c1cncc(C2(N3CCN(C(=O)Oc4ccccc4)CC3)CCOCC2)c1. The van der Waals surface area contributed by atoms with Gasteiger partial charge in [0.15, 0.2) is 0 Å². The van der Waals surface area contributed by atoms with Gasteiger partial charge in [0.2, 0.25) is 0 Å². The van der Waals surface area contributed by atoms with Gasteiger partial charge in [0.25, 0.3) is 0 Å². The average Bonchev–Trinajstić information content (AvgIpc) is 2.89. The minimum absolute atomic E-state index is 0.0981. The number of aromatic nitrogens is 1. The standard InChI is InChI=1S/C27H38N4O4S/c1-21(29-36(33)26(2,3)4)22-18-23(20-28-19-22)27(10-16-34-17-11-27)31-14-12-30(13-15-31)25(32)35-24-8-6-5-7-9-24/h5-9,18-21,29H,10-17H2,1-4H3/t21-,36+/m0/s1. The second-order valence-electron chi connectivity index (χ2n) is 10.5. The van der Waals surface area contributed by atoms with Crippen molar-refractivity contribution in [3.63, 3.8) is 0 Å². The normalized spacial score (nSPS) is 20.5. The minimum atomic E-state index is -1.18. The largest absolute Gasteiger partial charge is 0.598 e. The van der Waals surface area contributed by atoms with Gasteiger partial charge in [-0.05, 0) is 69.9 Å². The summed E-state index contributed by atoms with van der Waals surface area (Å²) in [4.78, 5) is 21.5. The maximum atomic E-state index is 12.7. The maximum Gasteiger partial charge on any atom is 0.415 e. The third-order valence-corrected chi connectivity index (χ3v) is 8.73. The van der Waals surface area contributed by atoms with Gasteiger partial charge in [-0.2, -0.15) is 0 Å². The van der Waals surface area contributed by atoms with E-state index in [0.29, 0.717) is 32.1 Å². The van der Waals surface area contributed by atoms with Crippen LogP contribution in [0.25, 0.3) is 0 Å². The lowest BCUT2D eigenvalue weighted by molar-refractivity contribution is -0.0485. The van der Waals surface area contributed by atoms with Crippen LogP contribution in [0.15, 0.2) is 48.8 Å². The number of piperazine rings is 1. The number of rotatable bonds is 6. The zero-order chi connectivity index (χ0) is 25.8. The topological polar surface area (TPSA) is 90.0 Å². The van der Waals surface area contributed by atoms with Gasteiger partial charge in [-0.15, -0.1) is 4.72 Å². The van der Waals surface area contributed by atoms with Crippen LogP contribution in [0.5, 0.6) is 5.75 Å². The Morgan fingerprint density at radius 1 is 1.14 bits per heavy atom. The summed E-state index contributed by atoms with van der Waals surface area (Å²) >= 11 is -1.18.